The molecule has 0 radical (unpaired) electrons. The van der Waals surface area contributed by atoms with Gasteiger partial charge < -0.3 is 15.5 Å². The van der Waals surface area contributed by atoms with Gasteiger partial charge in [-0.2, -0.15) is 0 Å². The first-order valence-corrected chi connectivity index (χ1v) is 11.5. The number of amides is 1. The lowest BCUT2D eigenvalue weighted by Gasteiger charge is -2.16. The molecule has 0 saturated carbocycles. The quantitative estimate of drug-likeness (QED) is 0.254. The van der Waals surface area contributed by atoms with E-state index in [-0.39, 0.29) is 41.3 Å². The fourth-order valence-electron chi connectivity index (χ4n) is 3.00. The molecule has 176 valence electrons. The molecule has 0 unspecified atom stereocenters. The lowest BCUT2D eigenvalue weighted by Crippen LogP contribution is -2.43. The highest BCUT2D eigenvalue weighted by Gasteiger charge is 2.09. The monoisotopic (exact) mass is 573 g/mol. The molecular formula is C22H32IN5O3S. The Bertz CT molecular complexity index is 1020. The minimum Gasteiger partial charge on any atom is -0.356 e. The zero-order valence-corrected chi connectivity index (χ0v) is 22.0. The van der Waals surface area contributed by atoms with Crippen LogP contribution in [-0.2, 0) is 27.8 Å². The zero-order chi connectivity index (χ0) is 23.0. The number of aliphatic imine (C=N–C) groups is 1. The number of nitrogens with one attached hydrogen (secondary N) is 2. The maximum absolute atomic E-state index is 11.9. The van der Waals surface area contributed by atoms with Crippen molar-refractivity contribution < 1.29 is 13.2 Å². The molecular weight excluding hydrogens is 541 g/mol. The smallest absolute Gasteiger partial charge is 0.241 e. The molecule has 0 spiro atoms. The van der Waals surface area contributed by atoms with Crippen LogP contribution in [0, 0.1) is 13.8 Å². The summed E-state index contributed by atoms with van der Waals surface area (Å²) in [7, 11) is -0.332. The number of nitrogens with zero attached hydrogens (tertiary/aromatic N) is 2. The maximum Gasteiger partial charge on any atom is 0.241 e. The number of carbonyl (C=O) groups excluding carboxylic acids is 1. The average molecular weight is 574 g/mol. The summed E-state index contributed by atoms with van der Waals surface area (Å²) in [5, 5.41) is 11.5. The first-order valence-electron chi connectivity index (χ1n) is 9.97. The van der Waals surface area contributed by atoms with Crippen molar-refractivity contribution in [2.75, 3.05) is 27.2 Å². The van der Waals surface area contributed by atoms with Crippen LogP contribution in [0.2, 0.25) is 0 Å². The number of hydrogen-bond donors (Lipinski definition) is 3. The third kappa shape index (κ3) is 8.75. The summed E-state index contributed by atoms with van der Waals surface area (Å²) >= 11 is 0. The van der Waals surface area contributed by atoms with Gasteiger partial charge in [-0.15, -0.1) is 24.0 Å². The molecule has 0 aromatic heterocycles. The van der Waals surface area contributed by atoms with Crippen molar-refractivity contribution in [3.05, 3.63) is 64.7 Å². The van der Waals surface area contributed by atoms with Gasteiger partial charge in [-0.1, -0.05) is 30.3 Å². The lowest BCUT2D eigenvalue weighted by atomic mass is 10.0. The van der Waals surface area contributed by atoms with Gasteiger partial charge in [0.2, 0.25) is 15.9 Å². The van der Waals surface area contributed by atoms with Crippen molar-refractivity contribution in [3.8, 4) is 0 Å². The predicted molar refractivity (Wildman–Crippen MR) is 139 cm³/mol. The van der Waals surface area contributed by atoms with E-state index in [4.69, 9.17) is 5.14 Å². The Kier molecular flexibility index (Phi) is 11.1. The Labute approximate surface area is 207 Å². The summed E-state index contributed by atoms with van der Waals surface area (Å²) in [6.07, 6.45) is 0.823. The van der Waals surface area contributed by atoms with Crippen LogP contribution in [0.1, 0.15) is 22.3 Å². The summed E-state index contributed by atoms with van der Waals surface area (Å²) in [6.45, 7) is 5.28. The van der Waals surface area contributed by atoms with Gasteiger partial charge in [-0.05, 0) is 54.7 Å². The minimum atomic E-state index is -3.73. The SMILES string of the molecule is Cc1cccc(C)c1CCNC(=NCc1ccc(S(N)(=O)=O)cc1)NCC(=O)N(C)C.I. The highest BCUT2D eigenvalue weighted by Crippen LogP contribution is 2.13. The number of rotatable bonds is 8. The van der Waals surface area contributed by atoms with Crippen molar-refractivity contribution in [3.63, 3.8) is 0 Å². The number of hydrogen-bond acceptors (Lipinski definition) is 4. The molecule has 0 aliphatic heterocycles. The fraction of sp³-hybridized carbons (Fsp3) is 0.364. The second kappa shape index (κ2) is 12.8. The molecule has 0 aliphatic rings. The van der Waals surface area contributed by atoms with E-state index in [0.29, 0.717) is 19.0 Å². The largest absolute Gasteiger partial charge is 0.356 e. The number of nitrogens with two attached hydrogens (primary N) is 1. The van der Waals surface area contributed by atoms with E-state index >= 15 is 0 Å². The summed E-state index contributed by atoms with van der Waals surface area (Å²) in [5.74, 6) is 0.443. The minimum absolute atomic E-state index is 0. The topological polar surface area (TPSA) is 117 Å². The van der Waals surface area contributed by atoms with Crippen molar-refractivity contribution in [1.29, 1.82) is 0 Å². The average Bonchev–Trinajstić information content (AvgIpc) is 2.70. The summed E-state index contributed by atoms with van der Waals surface area (Å²) in [6, 6.07) is 12.5. The van der Waals surface area contributed by atoms with Crippen LogP contribution in [0.5, 0.6) is 0 Å². The van der Waals surface area contributed by atoms with Crippen molar-refractivity contribution >= 4 is 45.9 Å². The van der Waals surface area contributed by atoms with Crippen molar-refractivity contribution in [2.45, 2.75) is 31.7 Å². The Morgan fingerprint density at radius 3 is 2.16 bits per heavy atom. The fourth-order valence-corrected chi connectivity index (χ4v) is 3.51. The molecule has 4 N–H and O–H groups in total. The molecule has 0 fully saturated rings. The van der Waals surface area contributed by atoms with Crippen LogP contribution in [0.15, 0.2) is 52.4 Å². The van der Waals surface area contributed by atoms with E-state index < -0.39 is 10.0 Å². The second-order valence-electron chi connectivity index (χ2n) is 7.54. The summed E-state index contributed by atoms with van der Waals surface area (Å²) in [5.41, 5.74) is 4.59. The van der Waals surface area contributed by atoms with Gasteiger partial charge in [0.25, 0.3) is 0 Å². The number of aryl methyl sites for hydroxylation is 2. The molecule has 2 aromatic carbocycles. The van der Waals surface area contributed by atoms with Crippen LogP contribution < -0.4 is 15.8 Å². The maximum atomic E-state index is 11.9. The van der Waals surface area contributed by atoms with E-state index in [2.05, 4.69) is 41.6 Å². The van der Waals surface area contributed by atoms with E-state index in [1.807, 2.05) is 6.07 Å². The van der Waals surface area contributed by atoms with Gasteiger partial charge in [0.05, 0.1) is 18.0 Å². The summed E-state index contributed by atoms with van der Waals surface area (Å²) < 4.78 is 22.8. The first-order chi connectivity index (χ1) is 14.6. The number of carbonyl (C=O) groups is 1. The van der Waals surface area contributed by atoms with E-state index in [1.54, 1.807) is 26.2 Å². The third-order valence-corrected chi connectivity index (χ3v) is 5.82. The van der Waals surface area contributed by atoms with Crippen LogP contribution in [0.4, 0.5) is 0 Å². The number of guanidine groups is 1. The lowest BCUT2D eigenvalue weighted by molar-refractivity contribution is -0.127. The van der Waals surface area contributed by atoms with Gasteiger partial charge in [-0.3, -0.25) is 4.79 Å². The Morgan fingerprint density at radius 2 is 1.62 bits per heavy atom. The molecule has 2 aromatic rings. The number of sulfonamides is 1. The zero-order valence-electron chi connectivity index (χ0n) is 18.9. The van der Waals surface area contributed by atoms with Crippen LogP contribution in [-0.4, -0.2) is 52.4 Å². The van der Waals surface area contributed by atoms with E-state index in [9.17, 15) is 13.2 Å². The Morgan fingerprint density at radius 1 is 1.03 bits per heavy atom. The molecule has 0 heterocycles. The van der Waals surface area contributed by atoms with Crippen LogP contribution >= 0.6 is 24.0 Å². The molecule has 32 heavy (non-hydrogen) atoms. The van der Waals surface area contributed by atoms with Crippen LogP contribution in [0.3, 0.4) is 0 Å². The molecule has 10 heteroatoms. The highest BCUT2D eigenvalue weighted by molar-refractivity contribution is 14.0. The second-order valence-corrected chi connectivity index (χ2v) is 9.10. The van der Waals surface area contributed by atoms with Crippen LogP contribution in [0.25, 0.3) is 0 Å². The van der Waals surface area contributed by atoms with Gasteiger partial charge in [0.1, 0.15) is 0 Å². The van der Waals surface area contributed by atoms with Gasteiger partial charge in [0, 0.05) is 20.6 Å². The number of primary sulfonamides is 1. The molecule has 0 aliphatic carbocycles. The number of benzene rings is 2. The third-order valence-electron chi connectivity index (χ3n) is 4.89. The molecule has 0 bridgehead atoms. The molecule has 0 saturated heterocycles. The van der Waals surface area contributed by atoms with Crippen molar-refractivity contribution in [2.24, 2.45) is 10.1 Å². The normalized spacial score (nSPS) is 11.5. The molecule has 0 atom stereocenters. The molecule has 2 rings (SSSR count). The van der Waals surface area contributed by atoms with Gasteiger partial charge >= 0.3 is 0 Å². The van der Waals surface area contributed by atoms with Crippen molar-refractivity contribution in [1.82, 2.24) is 15.5 Å². The number of likely N-dealkylation sites (N-methyl/N-ethyl adjacent to an activating group) is 1. The Balaban J connectivity index is 0.00000512. The molecule has 1 amide bonds. The van der Waals surface area contributed by atoms with Gasteiger partial charge in [-0.25, -0.2) is 18.5 Å². The van der Waals surface area contributed by atoms with E-state index in [1.165, 1.54) is 33.7 Å². The summed E-state index contributed by atoms with van der Waals surface area (Å²) in [4.78, 5) is 18.1. The first kappa shape index (κ1) is 27.9. The Hall–Kier alpha value is -2.18. The van der Waals surface area contributed by atoms with Gasteiger partial charge in [0.15, 0.2) is 5.96 Å². The van der Waals surface area contributed by atoms with E-state index in [0.717, 1.165) is 12.0 Å². The predicted octanol–water partition coefficient (Wildman–Crippen LogP) is 1.93. The standard InChI is InChI=1S/C22H31N5O3S.HI/c1-16-6-5-7-17(2)20(16)12-13-24-22(26-15-21(28)27(3)4)25-14-18-8-10-19(11-9-18)31(23,29)30;/h5-11H,12-15H2,1-4H3,(H2,23,29,30)(H2,24,25,26);1H. The highest BCUT2D eigenvalue weighted by atomic mass is 127. The molecule has 8 nitrogen and oxygen atoms in total. The number of halogens is 1.